The van der Waals surface area contributed by atoms with Crippen molar-refractivity contribution in [1.29, 1.82) is 0 Å². The summed E-state index contributed by atoms with van der Waals surface area (Å²) < 4.78 is 25.9. The lowest BCUT2D eigenvalue weighted by atomic mass is 10.1. The van der Waals surface area contributed by atoms with Gasteiger partial charge in [0.25, 0.3) is 0 Å². The van der Waals surface area contributed by atoms with E-state index in [4.69, 9.17) is 0 Å². The Kier molecular flexibility index (Phi) is 3.60. The lowest BCUT2D eigenvalue weighted by Crippen LogP contribution is -2.45. The van der Waals surface area contributed by atoms with Crippen LogP contribution in [0.1, 0.15) is 31.4 Å². The minimum atomic E-state index is -2.98. The van der Waals surface area contributed by atoms with Crippen molar-refractivity contribution >= 4 is 10.0 Å². The first-order valence-electron chi connectivity index (χ1n) is 6.87. The molecule has 6 nitrogen and oxygen atoms in total. The molecule has 7 heteroatoms. The van der Waals surface area contributed by atoms with Gasteiger partial charge in [-0.3, -0.25) is 5.10 Å². The van der Waals surface area contributed by atoms with Gasteiger partial charge in [-0.2, -0.15) is 5.10 Å². The third-order valence-corrected chi connectivity index (χ3v) is 6.30. The quantitative estimate of drug-likeness (QED) is 0.823. The average Bonchev–Trinajstić information content (AvgIpc) is 3.16. The number of aromatic nitrogens is 2. The Balaban J connectivity index is 1.47. The van der Waals surface area contributed by atoms with Crippen molar-refractivity contribution in [3.8, 4) is 0 Å². The average molecular weight is 284 g/mol. The van der Waals surface area contributed by atoms with Gasteiger partial charge < -0.3 is 5.32 Å². The fourth-order valence-corrected chi connectivity index (χ4v) is 4.40. The number of hydrogen-bond acceptors (Lipinski definition) is 4. The zero-order valence-electron chi connectivity index (χ0n) is 10.9. The molecule has 1 aliphatic heterocycles. The van der Waals surface area contributed by atoms with Gasteiger partial charge in [0.15, 0.2) is 0 Å². The third kappa shape index (κ3) is 2.98. The van der Waals surface area contributed by atoms with Crippen LogP contribution in [0.4, 0.5) is 0 Å². The van der Waals surface area contributed by atoms with E-state index in [9.17, 15) is 8.42 Å². The molecule has 106 valence electrons. The van der Waals surface area contributed by atoms with Crippen LogP contribution in [-0.2, 0) is 16.6 Å². The van der Waals surface area contributed by atoms with Crippen molar-refractivity contribution in [2.24, 2.45) is 0 Å². The second-order valence-corrected chi connectivity index (χ2v) is 7.59. The molecule has 2 heterocycles. The van der Waals surface area contributed by atoms with Gasteiger partial charge in [-0.1, -0.05) is 0 Å². The Morgan fingerprint density at radius 1 is 1.32 bits per heavy atom. The molecule has 0 spiro atoms. The predicted octanol–water partition coefficient (Wildman–Crippen LogP) is 0.456. The van der Waals surface area contributed by atoms with Crippen molar-refractivity contribution in [3.63, 3.8) is 0 Å². The van der Waals surface area contributed by atoms with Crippen LogP contribution in [0.2, 0.25) is 0 Å². The molecular formula is C12H20N4O2S. The molecule has 0 aromatic carbocycles. The van der Waals surface area contributed by atoms with Gasteiger partial charge in [-0.05, 0) is 31.7 Å². The van der Waals surface area contributed by atoms with E-state index in [-0.39, 0.29) is 5.25 Å². The number of hydrogen-bond donors (Lipinski definition) is 2. The minimum absolute atomic E-state index is 0.0815. The molecule has 19 heavy (non-hydrogen) atoms. The first-order valence-corrected chi connectivity index (χ1v) is 8.37. The van der Waals surface area contributed by atoms with Gasteiger partial charge in [-0.15, -0.1) is 0 Å². The van der Waals surface area contributed by atoms with E-state index in [2.05, 4.69) is 15.5 Å². The van der Waals surface area contributed by atoms with E-state index in [1.807, 2.05) is 6.07 Å². The zero-order chi connectivity index (χ0) is 13.3. The molecule has 0 radical (unpaired) electrons. The number of nitrogens with zero attached hydrogens (tertiary/aromatic N) is 2. The molecule has 1 saturated heterocycles. The Morgan fingerprint density at radius 3 is 2.63 bits per heavy atom. The van der Waals surface area contributed by atoms with Crippen LogP contribution in [0.25, 0.3) is 0 Å². The third-order valence-electron chi connectivity index (χ3n) is 3.90. The predicted molar refractivity (Wildman–Crippen MR) is 72.0 cm³/mol. The van der Waals surface area contributed by atoms with E-state index in [0.29, 0.717) is 19.1 Å². The van der Waals surface area contributed by atoms with Crippen molar-refractivity contribution in [2.75, 3.05) is 13.1 Å². The molecule has 0 unspecified atom stereocenters. The van der Waals surface area contributed by atoms with Crippen molar-refractivity contribution in [2.45, 2.75) is 43.5 Å². The first-order chi connectivity index (χ1) is 9.16. The smallest absolute Gasteiger partial charge is 0.216 e. The Labute approximate surface area is 113 Å². The molecule has 3 rings (SSSR count). The SMILES string of the molecule is O=S(=O)(C1CC1)N1CCC(NCc2ccn[nH]2)CC1. The summed E-state index contributed by atoms with van der Waals surface area (Å²) >= 11 is 0. The molecule has 0 atom stereocenters. The molecule has 1 aromatic heterocycles. The highest BCUT2D eigenvalue weighted by Gasteiger charge is 2.41. The van der Waals surface area contributed by atoms with Gasteiger partial charge in [0.05, 0.1) is 5.25 Å². The van der Waals surface area contributed by atoms with Crippen molar-refractivity contribution < 1.29 is 8.42 Å². The van der Waals surface area contributed by atoms with Crippen molar-refractivity contribution in [3.05, 3.63) is 18.0 Å². The second-order valence-electron chi connectivity index (χ2n) is 5.38. The highest BCUT2D eigenvalue weighted by atomic mass is 32.2. The van der Waals surface area contributed by atoms with Crippen LogP contribution in [0.3, 0.4) is 0 Å². The molecule has 2 aliphatic rings. The molecule has 2 N–H and O–H groups in total. The highest BCUT2D eigenvalue weighted by Crippen LogP contribution is 2.32. The summed E-state index contributed by atoms with van der Waals surface area (Å²) in [6, 6.07) is 2.34. The molecule has 0 bridgehead atoms. The summed E-state index contributed by atoms with van der Waals surface area (Å²) in [6.07, 6.45) is 5.21. The second kappa shape index (κ2) is 5.22. The summed E-state index contributed by atoms with van der Waals surface area (Å²) in [5.74, 6) is 0. The highest BCUT2D eigenvalue weighted by molar-refractivity contribution is 7.90. The molecule has 1 aliphatic carbocycles. The number of aromatic amines is 1. The van der Waals surface area contributed by atoms with Gasteiger partial charge in [0.2, 0.25) is 10.0 Å². The number of H-pyrrole nitrogens is 1. The van der Waals surface area contributed by atoms with Crippen LogP contribution in [0.5, 0.6) is 0 Å². The molecule has 2 fully saturated rings. The van der Waals surface area contributed by atoms with E-state index in [1.165, 1.54) is 0 Å². The summed E-state index contributed by atoms with van der Waals surface area (Å²) in [4.78, 5) is 0. The Morgan fingerprint density at radius 2 is 2.05 bits per heavy atom. The number of rotatable bonds is 5. The van der Waals surface area contributed by atoms with Crippen molar-refractivity contribution in [1.82, 2.24) is 19.8 Å². The van der Waals surface area contributed by atoms with Crippen LogP contribution in [0.15, 0.2) is 12.3 Å². The molecule has 1 aromatic rings. The first kappa shape index (κ1) is 13.1. The molecule has 1 saturated carbocycles. The van der Waals surface area contributed by atoms with E-state index < -0.39 is 10.0 Å². The summed E-state index contributed by atoms with van der Waals surface area (Å²) in [5, 5.41) is 10.2. The van der Waals surface area contributed by atoms with Gasteiger partial charge in [0, 0.05) is 37.6 Å². The fourth-order valence-electron chi connectivity index (χ4n) is 2.53. The summed E-state index contributed by atoms with van der Waals surface area (Å²) in [6.45, 7) is 2.07. The summed E-state index contributed by atoms with van der Waals surface area (Å²) in [5.41, 5.74) is 1.06. The van der Waals surface area contributed by atoms with E-state index >= 15 is 0 Å². The normalized spacial score (nSPS) is 22.7. The van der Waals surface area contributed by atoms with E-state index in [0.717, 1.165) is 37.9 Å². The number of sulfonamides is 1. The van der Waals surface area contributed by atoms with Crippen LogP contribution in [0, 0.1) is 0 Å². The largest absolute Gasteiger partial charge is 0.308 e. The standard InChI is InChI=1S/C12H20N4O2S/c17-19(18,12-1-2-12)16-7-4-10(5-8-16)13-9-11-3-6-14-15-11/h3,6,10,12-13H,1-2,4-5,7-9H2,(H,14,15). The topological polar surface area (TPSA) is 78.1 Å². The monoisotopic (exact) mass is 284 g/mol. The molecule has 0 amide bonds. The number of nitrogens with one attached hydrogen (secondary N) is 2. The Hall–Kier alpha value is -0.920. The fraction of sp³-hybridized carbons (Fsp3) is 0.750. The van der Waals surface area contributed by atoms with Gasteiger partial charge in [-0.25, -0.2) is 12.7 Å². The maximum Gasteiger partial charge on any atom is 0.216 e. The molecular weight excluding hydrogens is 264 g/mol. The lowest BCUT2D eigenvalue weighted by molar-refractivity contribution is 0.287. The lowest BCUT2D eigenvalue weighted by Gasteiger charge is -2.31. The van der Waals surface area contributed by atoms with Crippen LogP contribution < -0.4 is 5.32 Å². The minimum Gasteiger partial charge on any atom is -0.308 e. The Bertz CT molecular complexity index is 502. The van der Waals surface area contributed by atoms with Crippen LogP contribution >= 0.6 is 0 Å². The van der Waals surface area contributed by atoms with E-state index in [1.54, 1.807) is 10.5 Å². The van der Waals surface area contributed by atoms with Crippen LogP contribution in [-0.4, -0.2) is 47.3 Å². The number of piperidine rings is 1. The maximum atomic E-state index is 12.1. The zero-order valence-corrected chi connectivity index (χ0v) is 11.7. The van der Waals surface area contributed by atoms with Gasteiger partial charge >= 0.3 is 0 Å². The van der Waals surface area contributed by atoms with Gasteiger partial charge in [0.1, 0.15) is 0 Å². The summed E-state index contributed by atoms with van der Waals surface area (Å²) in [7, 11) is -2.98. The maximum absolute atomic E-state index is 12.1.